The number of nitrogen functional groups attached to an aromatic ring is 1. The van der Waals surface area contributed by atoms with E-state index in [2.05, 4.69) is 16.5 Å². The van der Waals surface area contributed by atoms with Gasteiger partial charge in [0.2, 0.25) is 0 Å². The molecule has 4 rings (SSSR count). The zero-order valence-electron chi connectivity index (χ0n) is 13.9. The molecule has 0 saturated heterocycles. The van der Waals surface area contributed by atoms with Crippen LogP contribution < -0.4 is 5.73 Å². The van der Waals surface area contributed by atoms with Crippen molar-refractivity contribution in [3.8, 4) is 17.1 Å². The van der Waals surface area contributed by atoms with Crippen molar-refractivity contribution in [2.75, 3.05) is 5.73 Å². The average Bonchev–Trinajstić information content (AvgIpc) is 3.06. The molecule has 3 heterocycles. The fraction of sp³-hybridized carbons (Fsp3) is 0.0500. The molecular formula is C20H16ClN5. The monoisotopic (exact) mass is 361 g/mol. The summed E-state index contributed by atoms with van der Waals surface area (Å²) in [6.07, 6.45) is 3.38. The van der Waals surface area contributed by atoms with Crippen LogP contribution in [0.2, 0.25) is 0 Å². The highest BCUT2D eigenvalue weighted by Gasteiger charge is 2.17. The molecule has 26 heavy (non-hydrogen) atoms. The van der Waals surface area contributed by atoms with Crippen LogP contribution in [0, 0.1) is 0 Å². The summed E-state index contributed by atoms with van der Waals surface area (Å²) in [4.78, 5) is 13.6. The van der Waals surface area contributed by atoms with Gasteiger partial charge in [-0.15, -0.1) is 11.6 Å². The second kappa shape index (κ2) is 6.61. The summed E-state index contributed by atoms with van der Waals surface area (Å²) >= 11 is 5.92. The Morgan fingerprint density at radius 2 is 1.88 bits per heavy atom. The Kier molecular flexibility index (Phi) is 4.14. The van der Waals surface area contributed by atoms with Crippen LogP contribution in [0.4, 0.5) is 5.82 Å². The predicted molar refractivity (Wildman–Crippen MR) is 106 cm³/mol. The first-order valence-electron chi connectivity index (χ1n) is 8.09. The van der Waals surface area contributed by atoms with E-state index in [0.717, 1.165) is 33.7 Å². The largest absolute Gasteiger partial charge is 0.383 e. The van der Waals surface area contributed by atoms with Gasteiger partial charge in [0, 0.05) is 17.8 Å². The zero-order chi connectivity index (χ0) is 18.1. The summed E-state index contributed by atoms with van der Waals surface area (Å²) in [5, 5.41) is 0. The van der Waals surface area contributed by atoms with E-state index in [1.54, 1.807) is 12.3 Å². The number of imidazole rings is 1. The number of nitrogens with two attached hydrogens (primary N) is 1. The molecule has 0 aliphatic rings. The molecule has 0 saturated carbocycles. The molecule has 0 spiro atoms. The van der Waals surface area contributed by atoms with Gasteiger partial charge in [-0.2, -0.15) is 0 Å². The van der Waals surface area contributed by atoms with E-state index >= 15 is 0 Å². The molecule has 0 bridgehead atoms. The van der Waals surface area contributed by atoms with Crippen LogP contribution in [0.15, 0.2) is 61.3 Å². The smallest absolute Gasteiger partial charge is 0.165 e. The highest BCUT2D eigenvalue weighted by molar-refractivity contribution is 6.17. The summed E-state index contributed by atoms with van der Waals surface area (Å²) in [6, 6.07) is 15.5. The van der Waals surface area contributed by atoms with Gasteiger partial charge in [-0.25, -0.2) is 15.0 Å². The van der Waals surface area contributed by atoms with Gasteiger partial charge in [0.15, 0.2) is 11.5 Å². The molecule has 0 aliphatic heterocycles. The first-order valence-corrected chi connectivity index (χ1v) is 8.63. The molecule has 0 fully saturated rings. The standard InChI is InChI=1S/C20H16ClN5/c1-2-14-7-10-17-20(24-14)26(15-8-5-13(12-21)6-9-15)19(25-17)16-4-3-11-23-18(16)22/h2-11H,1,12H2,(H2,22,23). The minimum Gasteiger partial charge on any atom is -0.383 e. The molecular weight excluding hydrogens is 346 g/mol. The number of fused-ring (bicyclic) bond motifs is 1. The maximum absolute atomic E-state index is 6.10. The lowest BCUT2D eigenvalue weighted by Gasteiger charge is -2.10. The van der Waals surface area contributed by atoms with E-state index in [-0.39, 0.29) is 0 Å². The minimum absolute atomic E-state index is 0.422. The van der Waals surface area contributed by atoms with Crippen molar-refractivity contribution in [1.29, 1.82) is 0 Å². The topological polar surface area (TPSA) is 69.6 Å². The predicted octanol–water partition coefficient (Wildman–Crippen LogP) is 4.45. The Labute approximate surface area is 155 Å². The molecule has 4 aromatic rings. The van der Waals surface area contributed by atoms with Gasteiger partial charge >= 0.3 is 0 Å². The van der Waals surface area contributed by atoms with E-state index in [0.29, 0.717) is 17.5 Å². The van der Waals surface area contributed by atoms with Gasteiger partial charge in [-0.3, -0.25) is 4.57 Å². The molecule has 0 unspecified atom stereocenters. The normalized spacial score (nSPS) is 11.0. The third-order valence-corrected chi connectivity index (χ3v) is 4.47. The highest BCUT2D eigenvalue weighted by Crippen LogP contribution is 2.30. The van der Waals surface area contributed by atoms with E-state index in [9.17, 15) is 0 Å². The number of rotatable bonds is 4. The molecule has 5 nitrogen and oxygen atoms in total. The second-order valence-electron chi connectivity index (χ2n) is 5.79. The van der Waals surface area contributed by atoms with Crippen LogP contribution in [0.3, 0.4) is 0 Å². The number of hydrogen-bond acceptors (Lipinski definition) is 4. The second-order valence-corrected chi connectivity index (χ2v) is 6.06. The van der Waals surface area contributed by atoms with Crippen molar-refractivity contribution < 1.29 is 0 Å². The number of nitrogens with zero attached hydrogens (tertiary/aromatic N) is 4. The Hall–Kier alpha value is -3.18. The van der Waals surface area contributed by atoms with Gasteiger partial charge in [0.05, 0.1) is 11.3 Å². The first kappa shape index (κ1) is 16.3. The van der Waals surface area contributed by atoms with E-state index in [1.165, 1.54) is 0 Å². The van der Waals surface area contributed by atoms with Crippen LogP contribution in [0.1, 0.15) is 11.3 Å². The Bertz CT molecular complexity index is 1100. The summed E-state index contributed by atoms with van der Waals surface area (Å²) in [6.45, 7) is 3.81. The maximum Gasteiger partial charge on any atom is 0.165 e. The number of alkyl halides is 1. The van der Waals surface area contributed by atoms with Gasteiger partial charge in [0.25, 0.3) is 0 Å². The molecule has 128 valence electrons. The SMILES string of the molecule is C=Cc1ccc2nc(-c3cccnc3N)n(-c3ccc(CCl)cc3)c2n1. The summed E-state index contributed by atoms with van der Waals surface area (Å²) in [7, 11) is 0. The number of hydrogen-bond donors (Lipinski definition) is 1. The van der Waals surface area contributed by atoms with Gasteiger partial charge < -0.3 is 5.73 Å². The Morgan fingerprint density at radius 1 is 1.08 bits per heavy atom. The third kappa shape index (κ3) is 2.72. The lowest BCUT2D eigenvalue weighted by molar-refractivity contribution is 1.07. The van der Waals surface area contributed by atoms with Crippen LogP contribution in [-0.2, 0) is 5.88 Å². The van der Waals surface area contributed by atoms with Crippen molar-refractivity contribution in [3.05, 3.63) is 72.6 Å². The van der Waals surface area contributed by atoms with Crippen molar-refractivity contribution in [1.82, 2.24) is 19.5 Å². The third-order valence-electron chi connectivity index (χ3n) is 4.16. The Balaban J connectivity index is 2.04. The summed E-state index contributed by atoms with van der Waals surface area (Å²) in [5.41, 5.74) is 11.1. The van der Waals surface area contributed by atoms with Gasteiger partial charge in [0.1, 0.15) is 11.3 Å². The maximum atomic E-state index is 6.10. The van der Waals surface area contributed by atoms with Crippen LogP contribution in [0.25, 0.3) is 34.3 Å². The van der Waals surface area contributed by atoms with Crippen LogP contribution >= 0.6 is 11.6 Å². The Morgan fingerprint density at radius 3 is 2.58 bits per heavy atom. The number of benzene rings is 1. The van der Waals surface area contributed by atoms with E-state index < -0.39 is 0 Å². The first-order chi connectivity index (χ1) is 12.7. The average molecular weight is 362 g/mol. The minimum atomic E-state index is 0.422. The number of halogens is 1. The summed E-state index contributed by atoms with van der Waals surface area (Å²) < 4.78 is 1.98. The highest BCUT2D eigenvalue weighted by atomic mass is 35.5. The molecule has 0 aliphatic carbocycles. The zero-order valence-corrected chi connectivity index (χ0v) is 14.7. The summed E-state index contributed by atoms with van der Waals surface area (Å²) in [5.74, 6) is 1.58. The molecule has 0 atom stereocenters. The quantitative estimate of drug-likeness (QED) is 0.545. The molecule has 3 aromatic heterocycles. The lowest BCUT2D eigenvalue weighted by Crippen LogP contribution is -2.02. The van der Waals surface area contributed by atoms with Crippen molar-refractivity contribution >= 4 is 34.7 Å². The van der Waals surface area contributed by atoms with Gasteiger partial charge in [-0.1, -0.05) is 18.7 Å². The van der Waals surface area contributed by atoms with Crippen LogP contribution in [0.5, 0.6) is 0 Å². The van der Waals surface area contributed by atoms with Crippen molar-refractivity contribution in [2.45, 2.75) is 5.88 Å². The number of anilines is 1. The molecule has 6 heteroatoms. The molecule has 1 aromatic carbocycles. The molecule has 0 radical (unpaired) electrons. The fourth-order valence-electron chi connectivity index (χ4n) is 2.85. The van der Waals surface area contributed by atoms with Crippen LogP contribution in [-0.4, -0.2) is 19.5 Å². The molecule has 0 amide bonds. The van der Waals surface area contributed by atoms with Crippen molar-refractivity contribution in [3.63, 3.8) is 0 Å². The van der Waals surface area contributed by atoms with Gasteiger partial charge in [-0.05, 0) is 48.0 Å². The lowest BCUT2D eigenvalue weighted by atomic mass is 10.2. The fourth-order valence-corrected chi connectivity index (χ4v) is 3.03. The number of pyridine rings is 2. The van der Waals surface area contributed by atoms with E-state index in [1.807, 2.05) is 53.1 Å². The van der Waals surface area contributed by atoms with E-state index in [4.69, 9.17) is 22.3 Å². The number of aromatic nitrogens is 4. The molecule has 2 N–H and O–H groups in total. The van der Waals surface area contributed by atoms with Crippen molar-refractivity contribution in [2.24, 2.45) is 0 Å².